The van der Waals surface area contributed by atoms with Crippen molar-refractivity contribution in [1.29, 1.82) is 0 Å². The van der Waals surface area contributed by atoms with E-state index in [4.69, 9.17) is 21.9 Å². The molecule has 138 valence electrons. The van der Waals surface area contributed by atoms with Crippen LogP contribution in [0.25, 0.3) is 16.3 Å². The number of rotatable bonds is 6. The number of pyridine rings is 1. The molecule has 0 aliphatic rings. The Morgan fingerprint density at radius 3 is 2.89 bits per heavy atom. The molecule has 0 saturated heterocycles. The molecule has 0 aliphatic heterocycles. The van der Waals surface area contributed by atoms with Gasteiger partial charge in [-0.05, 0) is 23.1 Å². The molecule has 3 aromatic rings. The van der Waals surface area contributed by atoms with Gasteiger partial charge in [0.05, 0.1) is 0 Å². The Balaban J connectivity index is 1.73. The van der Waals surface area contributed by atoms with Crippen molar-refractivity contribution in [2.75, 3.05) is 12.4 Å². The SMILES string of the molecule is C/N=C\C(=C/N)c1ccc2cnc(NC(=O)CCc3cc(Cl)no3)cc2c1. The van der Waals surface area contributed by atoms with E-state index in [1.54, 1.807) is 25.5 Å². The number of nitrogens with two attached hydrogens (primary N) is 1. The third kappa shape index (κ3) is 4.71. The van der Waals surface area contributed by atoms with Gasteiger partial charge in [-0.1, -0.05) is 28.9 Å². The second-order valence-corrected chi connectivity index (χ2v) is 6.19. The first-order valence-electron chi connectivity index (χ1n) is 8.24. The lowest BCUT2D eigenvalue weighted by atomic mass is 10.0. The van der Waals surface area contributed by atoms with Gasteiger partial charge in [-0.3, -0.25) is 9.79 Å². The molecule has 0 atom stereocenters. The number of halogens is 1. The zero-order valence-electron chi connectivity index (χ0n) is 14.6. The van der Waals surface area contributed by atoms with E-state index in [9.17, 15) is 4.79 Å². The maximum Gasteiger partial charge on any atom is 0.225 e. The highest BCUT2D eigenvalue weighted by molar-refractivity contribution is 6.29. The number of nitrogens with zero attached hydrogens (tertiary/aromatic N) is 3. The molecule has 0 unspecified atom stereocenters. The van der Waals surface area contributed by atoms with Crippen molar-refractivity contribution < 1.29 is 9.32 Å². The predicted molar refractivity (Wildman–Crippen MR) is 107 cm³/mol. The topological polar surface area (TPSA) is 106 Å². The van der Waals surface area contributed by atoms with Crippen LogP contribution in [0.5, 0.6) is 0 Å². The van der Waals surface area contributed by atoms with Gasteiger partial charge in [0.15, 0.2) is 5.15 Å². The van der Waals surface area contributed by atoms with E-state index in [2.05, 4.69) is 20.4 Å². The highest BCUT2D eigenvalue weighted by Gasteiger charge is 2.09. The number of benzene rings is 1. The van der Waals surface area contributed by atoms with Crippen molar-refractivity contribution in [3.05, 3.63) is 59.2 Å². The Bertz CT molecular complexity index is 1030. The minimum Gasteiger partial charge on any atom is -0.404 e. The van der Waals surface area contributed by atoms with Gasteiger partial charge in [-0.15, -0.1) is 0 Å². The van der Waals surface area contributed by atoms with Crippen LogP contribution in [-0.4, -0.2) is 29.3 Å². The maximum absolute atomic E-state index is 12.1. The molecule has 3 rings (SSSR count). The van der Waals surface area contributed by atoms with Gasteiger partial charge in [0, 0.05) is 55.5 Å². The minimum atomic E-state index is -0.175. The minimum absolute atomic E-state index is 0.175. The molecule has 2 heterocycles. The fourth-order valence-corrected chi connectivity index (χ4v) is 2.75. The Morgan fingerprint density at radius 1 is 1.33 bits per heavy atom. The molecule has 0 radical (unpaired) electrons. The lowest BCUT2D eigenvalue weighted by Crippen LogP contribution is -2.13. The Hall–Kier alpha value is -3.19. The van der Waals surface area contributed by atoms with E-state index >= 15 is 0 Å². The normalized spacial score (nSPS) is 12.0. The van der Waals surface area contributed by atoms with Crippen LogP contribution >= 0.6 is 11.6 Å². The predicted octanol–water partition coefficient (Wildman–Crippen LogP) is 3.45. The van der Waals surface area contributed by atoms with Crippen molar-refractivity contribution in [3.63, 3.8) is 0 Å². The van der Waals surface area contributed by atoms with Crippen LogP contribution in [-0.2, 0) is 11.2 Å². The molecule has 0 fully saturated rings. The van der Waals surface area contributed by atoms with E-state index in [-0.39, 0.29) is 17.5 Å². The summed E-state index contributed by atoms with van der Waals surface area (Å²) in [5.74, 6) is 0.860. The molecule has 1 aromatic carbocycles. The van der Waals surface area contributed by atoms with E-state index in [1.807, 2.05) is 24.3 Å². The van der Waals surface area contributed by atoms with Crippen LogP contribution in [0.4, 0.5) is 5.82 Å². The number of hydrogen-bond acceptors (Lipinski definition) is 6. The van der Waals surface area contributed by atoms with E-state index < -0.39 is 0 Å². The van der Waals surface area contributed by atoms with E-state index in [0.717, 1.165) is 21.9 Å². The number of carbonyl (C=O) groups excluding carboxylic acids is 1. The standard InChI is InChI=1S/C19H18ClN5O2/c1-22-10-15(9-21)12-2-3-13-11-23-18(7-14(13)6-12)24-19(26)5-4-16-8-17(20)25-27-16/h2-3,6-11H,4-5,21H2,1H3,(H,23,24,26)/b15-9+,22-10-. The Kier molecular flexibility index (Phi) is 5.83. The van der Waals surface area contributed by atoms with E-state index in [0.29, 0.717) is 18.0 Å². The van der Waals surface area contributed by atoms with Gasteiger partial charge in [-0.2, -0.15) is 0 Å². The first kappa shape index (κ1) is 18.6. The average Bonchev–Trinajstić information content (AvgIpc) is 3.09. The number of hydrogen-bond donors (Lipinski definition) is 2. The van der Waals surface area contributed by atoms with Crippen molar-refractivity contribution in [3.8, 4) is 0 Å². The quantitative estimate of drug-likeness (QED) is 0.634. The molecule has 27 heavy (non-hydrogen) atoms. The number of aromatic nitrogens is 2. The fraction of sp³-hybridized carbons (Fsp3) is 0.158. The zero-order valence-corrected chi connectivity index (χ0v) is 15.4. The molecule has 7 nitrogen and oxygen atoms in total. The lowest BCUT2D eigenvalue weighted by molar-refractivity contribution is -0.116. The second kappa shape index (κ2) is 8.46. The van der Waals surface area contributed by atoms with Crippen LogP contribution in [0.2, 0.25) is 5.15 Å². The molecular weight excluding hydrogens is 366 g/mol. The molecule has 2 aromatic heterocycles. The van der Waals surface area contributed by atoms with Crippen LogP contribution in [0.15, 0.2) is 52.2 Å². The summed E-state index contributed by atoms with van der Waals surface area (Å²) in [6.45, 7) is 0. The van der Waals surface area contributed by atoms with Gasteiger partial charge in [0.25, 0.3) is 0 Å². The summed E-state index contributed by atoms with van der Waals surface area (Å²) in [7, 11) is 1.69. The third-order valence-electron chi connectivity index (χ3n) is 3.90. The van der Waals surface area contributed by atoms with E-state index in [1.165, 1.54) is 6.20 Å². The molecule has 3 N–H and O–H groups in total. The van der Waals surface area contributed by atoms with Crippen molar-refractivity contribution in [2.45, 2.75) is 12.8 Å². The van der Waals surface area contributed by atoms with Crippen LogP contribution in [0.3, 0.4) is 0 Å². The number of aliphatic imine (C=N–C) groups is 1. The summed E-state index contributed by atoms with van der Waals surface area (Å²) in [6.07, 6.45) is 5.56. The summed E-state index contributed by atoms with van der Waals surface area (Å²) < 4.78 is 4.98. The highest BCUT2D eigenvalue weighted by atomic mass is 35.5. The molecular formula is C19H18ClN5O2. The summed E-state index contributed by atoms with van der Waals surface area (Å²) in [5, 5.41) is 8.53. The first-order chi connectivity index (χ1) is 13.1. The molecule has 0 aliphatic carbocycles. The molecule has 1 amide bonds. The average molecular weight is 384 g/mol. The molecule has 0 spiro atoms. The maximum atomic E-state index is 12.1. The fourth-order valence-electron chi connectivity index (χ4n) is 2.59. The van der Waals surface area contributed by atoms with Gasteiger partial charge >= 0.3 is 0 Å². The lowest BCUT2D eigenvalue weighted by Gasteiger charge is -2.07. The summed E-state index contributed by atoms with van der Waals surface area (Å²) in [5.41, 5.74) is 7.41. The van der Waals surface area contributed by atoms with Gasteiger partial charge < -0.3 is 15.6 Å². The molecule has 0 bridgehead atoms. The number of allylic oxidation sites excluding steroid dienone is 1. The number of nitrogens with one attached hydrogen (secondary N) is 1. The van der Waals surface area contributed by atoms with Crippen molar-refractivity contribution in [1.82, 2.24) is 10.1 Å². The summed E-state index contributed by atoms with van der Waals surface area (Å²) >= 11 is 5.69. The molecule has 8 heteroatoms. The smallest absolute Gasteiger partial charge is 0.225 e. The Morgan fingerprint density at radius 2 is 2.19 bits per heavy atom. The monoisotopic (exact) mass is 383 g/mol. The largest absolute Gasteiger partial charge is 0.404 e. The van der Waals surface area contributed by atoms with Gasteiger partial charge in [0.1, 0.15) is 11.6 Å². The van der Waals surface area contributed by atoms with Crippen LogP contribution < -0.4 is 11.1 Å². The van der Waals surface area contributed by atoms with Crippen molar-refractivity contribution in [2.24, 2.45) is 10.7 Å². The first-order valence-corrected chi connectivity index (χ1v) is 8.62. The third-order valence-corrected chi connectivity index (χ3v) is 4.08. The summed E-state index contributed by atoms with van der Waals surface area (Å²) in [6, 6.07) is 9.28. The van der Waals surface area contributed by atoms with Crippen molar-refractivity contribution >= 4 is 45.9 Å². The number of fused-ring (bicyclic) bond motifs is 1. The van der Waals surface area contributed by atoms with Gasteiger partial charge in [-0.25, -0.2) is 4.98 Å². The second-order valence-electron chi connectivity index (χ2n) is 5.80. The number of anilines is 1. The van der Waals surface area contributed by atoms with Crippen LogP contribution in [0.1, 0.15) is 17.7 Å². The molecule has 0 saturated carbocycles. The summed E-state index contributed by atoms with van der Waals surface area (Å²) in [4.78, 5) is 20.4. The van der Waals surface area contributed by atoms with Gasteiger partial charge in [0.2, 0.25) is 5.91 Å². The van der Waals surface area contributed by atoms with Crippen LogP contribution in [0, 0.1) is 0 Å². The number of aryl methyl sites for hydroxylation is 1. The Labute approximate surface area is 160 Å². The number of carbonyl (C=O) groups is 1. The number of amides is 1. The highest BCUT2D eigenvalue weighted by Crippen LogP contribution is 2.22. The zero-order chi connectivity index (χ0) is 19.2.